The maximum atomic E-state index is 11.6. The molecule has 1 aliphatic rings. The first kappa shape index (κ1) is 13.9. The van der Waals surface area contributed by atoms with Gasteiger partial charge in [-0.1, -0.05) is 0 Å². The quantitative estimate of drug-likeness (QED) is 0.678. The fourth-order valence-electron chi connectivity index (χ4n) is 1.56. The molecule has 0 aromatic carbocycles. The summed E-state index contributed by atoms with van der Waals surface area (Å²) in [5.41, 5.74) is 0. The van der Waals surface area contributed by atoms with Gasteiger partial charge in [0.25, 0.3) is 0 Å². The van der Waals surface area contributed by atoms with Crippen LogP contribution in [0.15, 0.2) is 0 Å². The number of esters is 2. The zero-order valence-electron chi connectivity index (χ0n) is 10.5. The van der Waals surface area contributed by atoms with Crippen LogP contribution in [0.5, 0.6) is 0 Å². The summed E-state index contributed by atoms with van der Waals surface area (Å²) in [6, 6.07) is 0. The molecule has 1 heterocycles. The lowest BCUT2D eigenvalue weighted by Crippen LogP contribution is -2.39. The molecule has 98 valence electrons. The maximum absolute atomic E-state index is 11.6. The summed E-state index contributed by atoms with van der Waals surface area (Å²) in [5, 5.41) is 0. The highest BCUT2D eigenvalue weighted by atomic mass is 16.8. The monoisotopic (exact) mass is 246 g/mol. The molecule has 1 unspecified atom stereocenters. The van der Waals surface area contributed by atoms with E-state index < -0.39 is 29.9 Å². The van der Waals surface area contributed by atoms with Crippen LogP contribution in [0.2, 0.25) is 0 Å². The van der Waals surface area contributed by atoms with E-state index in [1.807, 2.05) is 0 Å². The zero-order chi connectivity index (χ0) is 13.1. The van der Waals surface area contributed by atoms with Gasteiger partial charge in [-0.25, -0.2) is 9.59 Å². The molecule has 6 nitrogen and oxygen atoms in total. The second kappa shape index (κ2) is 5.46. The summed E-state index contributed by atoms with van der Waals surface area (Å²) < 4.78 is 20.3. The molecule has 17 heavy (non-hydrogen) atoms. The lowest BCUT2D eigenvalue weighted by Gasteiger charge is -2.15. The molecule has 0 bridgehead atoms. The zero-order valence-corrected chi connectivity index (χ0v) is 10.5. The predicted molar refractivity (Wildman–Crippen MR) is 57.1 cm³/mol. The van der Waals surface area contributed by atoms with E-state index in [1.54, 1.807) is 27.7 Å². The van der Waals surface area contributed by atoms with Crippen molar-refractivity contribution < 1.29 is 28.5 Å². The summed E-state index contributed by atoms with van der Waals surface area (Å²) >= 11 is 0. The molecule has 0 N–H and O–H groups in total. The van der Waals surface area contributed by atoms with Crippen LogP contribution in [0.1, 0.15) is 27.7 Å². The van der Waals surface area contributed by atoms with Crippen LogP contribution in [0.3, 0.4) is 0 Å². The van der Waals surface area contributed by atoms with Crippen LogP contribution in [-0.2, 0) is 28.5 Å². The van der Waals surface area contributed by atoms with Crippen molar-refractivity contribution >= 4 is 11.9 Å². The normalized spacial score (nSPS) is 26.6. The first-order valence-electron chi connectivity index (χ1n) is 5.60. The molecule has 1 aliphatic heterocycles. The third kappa shape index (κ3) is 3.41. The Morgan fingerprint density at radius 2 is 1.35 bits per heavy atom. The highest BCUT2D eigenvalue weighted by molar-refractivity contribution is 5.86. The van der Waals surface area contributed by atoms with Crippen molar-refractivity contribution in [2.24, 2.45) is 0 Å². The third-order valence-corrected chi connectivity index (χ3v) is 2.13. The van der Waals surface area contributed by atoms with E-state index in [4.69, 9.17) is 18.9 Å². The van der Waals surface area contributed by atoms with Gasteiger partial charge in [0.05, 0.1) is 13.2 Å². The van der Waals surface area contributed by atoms with Gasteiger partial charge in [-0.05, 0) is 27.7 Å². The molecule has 1 rings (SSSR count). The molecule has 0 saturated carbocycles. The fourth-order valence-corrected chi connectivity index (χ4v) is 1.56. The Morgan fingerprint density at radius 1 is 1.00 bits per heavy atom. The molecule has 1 fully saturated rings. The molecular formula is C11H18O6. The van der Waals surface area contributed by atoms with Crippen molar-refractivity contribution in [2.75, 3.05) is 13.2 Å². The summed E-state index contributed by atoms with van der Waals surface area (Å²) in [5.74, 6) is -2.23. The summed E-state index contributed by atoms with van der Waals surface area (Å²) in [7, 11) is 0. The van der Waals surface area contributed by atoms with E-state index in [9.17, 15) is 9.59 Å². The van der Waals surface area contributed by atoms with Crippen LogP contribution < -0.4 is 0 Å². The van der Waals surface area contributed by atoms with Crippen LogP contribution in [0.4, 0.5) is 0 Å². The van der Waals surface area contributed by atoms with Crippen molar-refractivity contribution in [1.82, 2.24) is 0 Å². The number of rotatable bonds is 4. The van der Waals surface area contributed by atoms with E-state index in [0.29, 0.717) is 0 Å². The van der Waals surface area contributed by atoms with E-state index in [0.717, 1.165) is 0 Å². The standard InChI is InChI=1S/C11H18O6/c1-5-14-9(12)7-8(10(13)15-6-2)17-11(3,4)16-7/h7-8H,5-6H2,1-4H3/t7-,8?/m1/s1. The van der Waals surface area contributed by atoms with Gasteiger partial charge >= 0.3 is 11.9 Å². The van der Waals surface area contributed by atoms with Crippen LogP contribution in [0, 0.1) is 0 Å². The van der Waals surface area contributed by atoms with Crippen molar-refractivity contribution in [2.45, 2.75) is 45.7 Å². The Hall–Kier alpha value is -1.14. The van der Waals surface area contributed by atoms with Crippen molar-refractivity contribution in [3.63, 3.8) is 0 Å². The molecule has 0 aromatic rings. The van der Waals surface area contributed by atoms with Crippen molar-refractivity contribution in [1.29, 1.82) is 0 Å². The number of hydrogen-bond acceptors (Lipinski definition) is 6. The summed E-state index contributed by atoms with van der Waals surface area (Å²) in [6.07, 6.45) is -2.13. The van der Waals surface area contributed by atoms with Gasteiger partial charge in [0.2, 0.25) is 0 Å². The SMILES string of the molecule is CCOC(=O)C1OC(C)(C)O[C@H]1C(=O)OCC. The lowest BCUT2D eigenvalue weighted by atomic mass is 10.2. The Kier molecular flexibility index (Phi) is 4.47. The van der Waals surface area contributed by atoms with Crippen LogP contribution in [0.25, 0.3) is 0 Å². The number of ether oxygens (including phenoxy) is 4. The van der Waals surface area contributed by atoms with Gasteiger partial charge in [0.1, 0.15) is 0 Å². The van der Waals surface area contributed by atoms with Gasteiger partial charge in [-0.15, -0.1) is 0 Å². The second-order valence-electron chi connectivity index (χ2n) is 3.98. The Morgan fingerprint density at radius 3 is 1.65 bits per heavy atom. The number of hydrogen-bond donors (Lipinski definition) is 0. The fraction of sp³-hybridized carbons (Fsp3) is 0.818. The van der Waals surface area contributed by atoms with Gasteiger partial charge in [-0.3, -0.25) is 0 Å². The Balaban J connectivity index is 2.77. The minimum Gasteiger partial charge on any atom is -0.464 e. The first-order chi connectivity index (χ1) is 7.91. The highest BCUT2D eigenvalue weighted by Gasteiger charge is 2.50. The average molecular weight is 246 g/mol. The van der Waals surface area contributed by atoms with Gasteiger partial charge in [0, 0.05) is 0 Å². The molecular weight excluding hydrogens is 228 g/mol. The average Bonchev–Trinajstić information content (AvgIpc) is 2.55. The maximum Gasteiger partial charge on any atom is 0.338 e. The first-order valence-corrected chi connectivity index (χ1v) is 5.60. The molecule has 1 saturated heterocycles. The Bertz CT molecular complexity index is 270. The molecule has 0 aromatic heterocycles. The number of carbonyl (C=O) groups is 2. The topological polar surface area (TPSA) is 71.1 Å². The largest absolute Gasteiger partial charge is 0.464 e. The molecule has 2 atom stereocenters. The van der Waals surface area contributed by atoms with Crippen molar-refractivity contribution in [3.8, 4) is 0 Å². The second-order valence-corrected chi connectivity index (χ2v) is 3.98. The minimum atomic E-state index is -1.07. The van der Waals surface area contributed by atoms with E-state index in [2.05, 4.69) is 0 Å². The van der Waals surface area contributed by atoms with Gasteiger partial charge < -0.3 is 18.9 Å². The van der Waals surface area contributed by atoms with Gasteiger partial charge in [-0.2, -0.15) is 0 Å². The minimum absolute atomic E-state index is 0.217. The number of carbonyl (C=O) groups excluding carboxylic acids is 2. The van der Waals surface area contributed by atoms with Crippen molar-refractivity contribution in [3.05, 3.63) is 0 Å². The van der Waals surface area contributed by atoms with Crippen LogP contribution >= 0.6 is 0 Å². The summed E-state index contributed by atoms with van der Waals surface area (Å²) in [6.45, 7) is 7.04. The highest BCUT2D eigenvalue weighted by Crippen LogP contribution is 2.29. The van der Waals surface area contributed by atoms with E-state index >= 15 is 0 Å². The molecule has 0 aliphatic carbocycles. The Labute approximate surface area is 100 Å². The van der Waals surface area contributed by atoms with E-state index in [-0.39, 0.29) is 13.2 Å². The molecule has 0 spiro atoms. The molecule has 0 radical (unpaired) electrons. The predicted octanol–water partition coefficient (Wildman–Crippen LogP) is 0.633. The van der Waals surface area contributed by atoms with E-state index in [1.165, 1.54) is 0 Å². The van der Waals surface area contributed by atoms with Gasteiger partial charge in [0.15, 0.2) is 18.0 Å². The molecule has 0 amide bonds. The molecule has 6 heteroatoms. The lowest BCUT2D eigenvalue weighted by molar-refractivity contribution is -0.173. The summed E-state index contributed by atoms with van der Waals surface area (Å²) in [4.78, 5) is 23.2. The smallest absolute Gasteiger partial charge is 0.338 e. The third-order valence-electron chi connectivity index (χ3n) is 2.13. The van der Waals surface area contributed by atoms with Crippen LogP contribution in [-0.4, -0.2) is 43.1 Å².